The first-order valence-corrected chi connectivity index (χ1v) is 7.84. The summed E-state index contributed by atoms with van der Waals surface area (Å²) in [5.74, 6) is -0.446. The van der Waals surface area contributed by atoms with Crippen molar-refractivity contribution in [1.82, 2.24) is 15.0 Å². The Morgan fingerprint density at radius 2 is 2.16 bits per heavy atom. The van der Waals surface area contributed by atoms with Gasteiger partial charge >= 0.3 is 0 Å². The predicted octanol–water partition coefficient (Wildman–Crippen LogP) is 4.42. The zero-order valence-corrected chi connectivity index (χ0v) is 13.9. The van der Waals surface area contributed by atoms with Gasteiger partial charge in [0, 0.05) is 31.0 Å². The van der Waals surface area contributed by atoms with Crippen molar-refractivity contribution in [3.63, 3.8) is 0 Å². The molecule has 2 rings (SSSR count). The van der Waals surface area contributed by atoms with Gasteiger partial charge in [-0.1, -0.05) is 13.0 Å². The molecule has 25 heavy (non-hydrogen) atoms. The average molecular weight is 337 g/mol. The fourth-order valence-electron chi connectivity index (χ4n) is 1.93. The quantitative estimate of drug-likeness (QED) is 0.425. The molecular weight excluding hydrogens is 317 g/mol. The summed E-state index contributed by atoms with van der Waals surface area (Å²) >= 11 is 0. The third kappa shape index (κ3) is 6.02. The van der Waals surface area contributed by atoms with Crippen LogP contribution in [0.1, 0.15) is 19.0 Å². The number of rotatable bonds is 8. The van der Waals surface area contributed by atoms with Crippen molar-refractivity contribution in [2.24, 2.45) is 0 Å². The summed E-state index contributed by atoms with van der Waals surface area (Å²) < 4.78 is 13.8. The van der Waals surface area contributed by atoms with Crippen molar-refractivity contribution in [3.05, 3.63) is 84.5 Å². The molecule has 0 aliphatic heterocycles. The molecule has 2 N–H and O–H groups in total. The third-order valence-electron chi connectivity index (χ3n) is 3.27. The van der Waals surface area contributed by atoms with Crippen LogP contribution in [0.2, 0.25) is 0 Å². The van der Waals surface area contributed by atoms with Crippen LogP contribution in [0.4, 0.5) is 10.1 Å². The molecule has 0 fully saturated rings. The lowest BCUT2D eigenvalue weighted by atomic mass is 10.2. The lowest BCUT2D eigenvalue weighted by molar-refractivity contribution is 0.580. The number of nitrogens with zero attached hydrogens (tertiary/aromatic N) is 3. The minimum atomic E-state index is -0.446. The Morgan fingerprint density at radius 3 is 2.84 bits per heavy atom. The summed E-state index contributed by atoms with van der Waals surface area (Å²) in [7, 11) is 0. The first-order valence-electron chi connectivity index (χ1n) is 7.84. The molecule has 128 valence electrons. The smallest absolute Gasteiger partial charge is 0.166 e. The maximum atomic E-state index is 13.8. The van der Waals surface area contributed by atoms with Crippen LogP contribution in [-0.2, 0) is 0 Å². The SMILES string of the molecule is CCC(/C=C\N(/C=C/c1ccccn1)Nc1ccncc1F)=C\C=N. The number of anilines is 1. The van der Waals surface area contributed by atoms with Gasteiger partial charge in [0.1, 0.15) is 0 Å². The average Bonchev–Trinajstić information content (AvgIpc) is 2.65. The summed E-state index contributed by atoms with van der Waals surface area (Å²) in [5.41, 5.74) is 5.03. The van der Waals surface area contributed by atoms with Gasteiger partial charge in [-0.05, 0) is 48.4 Å². The van der Waals surface area contributed by atoms with Gasteiger partial charge in [-0.3, -0.25) is 20.4 Å². The number of hydrogen-bond acceptors (Lipinski definition) is 5. The zero-order chi connectivity index (χ0) is 17.9. The Bertz CT molecular complexity index is 768. The minimum absolute atomic E-state index is 0.305. The summed E-state index contributed by atoms with van der Waals surface area (Å²) in [6, 6.07) is 7.16. The highest BCUT2D eigenvalue weighted by molar-refractivity contribution is 5.69. The highest BCUT2D eigenvalue weighted by Crippen LogP contribution is 2.13. The van der Waals surface area contributed by atoms with Crippen molar-refractivity contribution >= 4 is 18.0 Å². The second kappa shape index (κ2) is 9.77. The number of hydrazine groups is 1. The molecule has 0 amide bonds. The molecule has 0 bridgehead atoms. The van der Waals surface area contributed by atoms with E-state index in [0.29, 0.717) is 5.69 Å². The summed E-state index contributed by atoms with van der Waals surface area (Å²) in [4.78, 5) is 7.97. The fourth-order valence-corrected chi connectivity index (χ4v) is 1.93. The molecule has 0 saturated heterocycles. The topological polar surface area (TPSA) is 64.9 Å². The van der Waals surface area contributed by atoms with E-state index >= 15 is 0 Å². The second-order valence-electron chi connectivity index (χ2n) is 5.02. The van der Waals surface area contributed by atoms with E-state index in [1.165, 1.54) is 12.4 Å². The van der Waals surface area contributed by atoms with Crippen molar-refractivity contribution in [3.8, 4) is 0 Å². The Kier molecular flexibility index (Phi) is 7.06. The van der Waals surface area contributed by atoms with E-state index in [9.17, 15) is 4.39 Å². The van der Waals surface area contributed by atoms with Crippen LogP contribution in [0.15, 0.2) is 73.0 Å². The molecule has 0 atom stereocenters. The number of halogens is 1. The fraction of sp³-hybridized carbons (Fsp3) is 0.105. The molecule has 0 aliphatic carbocycles. The number of pyridine rings is 2. The van der Waals surface area contributed by atoms with E-state index in [0.717, 1.165) is 23.9 Å². The Balaban J connectivity index is 2.22. The van der Waals surface area contributed by atoms with Crippen LogP contribution < -0.4 is 5.43 Å². The van der Waals surface area contributed by atoms with E-state index in [-0.39, 0.29) is 0 Å². The van der Waals surface area contributed by atoms with Crippen LogP contribution in [0.5, 0.6) is 0 Å². The molecule has 0 aromatic carbocycles. The third-order valence-corrected chi connectivity index (χ3v) is 3.27. The molecule has 2 heterocycles. The zero-order valence-electron chi connectivity index (χ0n) is 13.9. The van der Waals surface area contributed by atoms with E-state index in [4.69, 9.17) is 5.41 Å². The lowest BCUT2D eigenvalue weighted by Crippen LogP contribution is -2.18. The standard InChI is InChI=1S/C19H20FN5/c1-2-16(6-10-21)8-13-25(14-9-17-5-3-4-11-23-17)24-19-7-12-22-15-18(19)20/h3-15,21H,2H2,1H3,(H,22,24)/b13-8-,14-9+,16-6+,21-10?. The van der Waals surface area contributed by atoms with Crippen LogP contribution in [0.3, 0.4) is 0 Å². The Morgan fingerprint density at radius 1 is 1.28 bits per heavy atom. The highest BCUT2D eigenvalue weighted by Gasteiger charge is 2.03. The largest absolute Gasteiger partial charge is 0.309 e. The summed E-state index contributed by atoms with van der Waals surface area (Å²) in [5, 5.41) is 8.81. The maximum absolute atomic E-state index is 13.8. The summed E-state index contributed by atoms with van der Waals surface area (Å²) in [6.07, 6.45) is 15.3. The molecule has 2 aromatic heterocycles. The molecule has 0 aliphatic rings. The van der Waals surface area contributed by atoms with E-state index < -0.39 is 5.82 Å². The van der Waals surface area contributed by atoms with Gasteiger partial charge < -0.3 is 5.41 Å². The van der Waals surface area contributed by atoms with Crippen LogP contribution >= 0.6 is 0 Å². The maximum Gasteiger partial charge on any atom is 0.166 e. The van der Waals surface area contributed by atoms with Crippen LogP contribution in [0.25, 0.3) is 6.08 Å². The predicted molar refractivity (Wildman–Crippen MR) is 99.2 cm³/mol. The number of allylic oxidation sites excluding steroid dienone is 3. The van der Waals surface area contributed by atoms with Gasteiger partial charge in [-0.25, -0.2) is 4.39 Å². The lowest BCUT2D eigenvalue weighted by Gasteiger charge is -2.19. The van der Waals surface area contributed by atoms with Gasteiger partial charge in [0.2, 0.25) is 0 Å². The number of aromatic nitrogens is 2. The van der Waals surface area contributed by atoms with Crippen molar-refractivity contribution in [2.45, 2.75) is 13.3 Å². The summed E-state index contributed by atoms with van der Waals surface area (Å²) in [6.45, 7) is 2.00. The van der Waals surface area contributed by atoms with Gasteiger partial charge in [0.15, 0.2) is 5.82 Å². The molecule has 0 radical (unpaired) electrons. The van der Waals surface area contributed by atoms with Crippen molar-refractivity contribution in [1.29, 1.82) is 5.41 Å². The Hall–Kier alpha value is -3.28. The van der Waals surface area contributed by atoms with Crippen molar-refractivity contribution in [2.75, 3.05) is 5.43 Å². The highest BCUT2D eigenvalue weighted by atomic mass is 19.1. The van der Waals surface area contributed by atoms with Crippen LogP contribution in [0, 0.1) is 11.2 Å². The van der Waals surface area contributed by atoms with E-state index in [1.807, 2.05) is 37.3 Å². The molecule has 0 unspecified atom stereocenters. The first-order chi connectivity index (χ1) is 12.2. The number of nitrogens with one attached hydrogen (secondary N) is 2. The molecule has 0 saturated carbocycles. The van der Waals surface area contributed by atoms with Gasteiger partial charge in [0.05, 0.1) is 17.6 Å². The minimum Gasteiger partial charge on any atom is -0.309 e. The van der Waals surface area contributed by atoms with E-state index in [1.54, 1.807) is 35.7 Å². The molecular formula is C19H20FN5. The second-order valence-corrected chi connectivity index (χ2v) is 5.02. The molecule has 5 nitrogen and oxygen atoms in total. The van der Waals surface area contributed by atoms with Gasteiger partial charge in [-0.2, -0.15) is 0 Å². The molecule has 2 aromatic rings. The Labute approximate surface area is 146 Å². The van der Waals surface area contributed by atoms with Gasteiger partial charge in [-0.15, -0.1) is 0 Å². The monoisotopic (exact) mass is 337 g/mol. The van der Waals surface area contributed by atoms with E-state index in [2.05, 4.69) is 15.4 Å². The van der Waals surface area contributed by atoms with Crippen LogP contribution in [-0.4, -0.2) is 21.2 Å². The van der Waals surface area contributed by atoms with Crippen molar-refractivity contribution < 1.29 is 4.39 Å². The van der Waals surface area contributed by atoms with Gasteiger partial charge in [0.25, 0.3) is 0 Å². The normalized spacial score (nSPS) is 11.8. The number of hydrogen-bond donors (Lipinski definition) is 2. The molecule has 0 spiro atoms. The first kappa shape index (κ1) is 18.1. The molecule has 6 heteroatoms.